The van der Waals surface area contributed by atoms with Crippen LogP contribution in [-0.2, 0) is 76.1 Å². The fourth-order valence-corrected chi connectivity index (χ4v) is 15.3. The molecule has 9 unspecified atom stereocenters. The van der Waals surface area contributed by atoms with Gasteiger partial charge in [0.15, 0.2) is 24.8 Å². The minimum atomic E-state index is -0.774. The number of carbonyl (C=O) groups is 6. The zero-order valence-corrected chi connectivity index (χ0v) is 55.0. The molecule has 8 aliphatic carbocycles. The summed E-state index contributed by atoms with van der Waals surface area (Å²) in [6.45, 7) is 31.7. The van der Waals surface area contributed by atoms with Gasteiger partial charge in [0, 0.05) is 25.9 Å². The van der Waals surface area contributed by atoms with Gasteiger partial charge in [0.2, 0.25) is 6.29 Å². The van der Waals surface area contributed by atoms with Crippen LogP contribution in [0.2, 0.25) is 0 Å². The summed E-state index contributed by atoms with van der Waals surface area (Å²) >= 11 is 0. The molecule has 4 aliphatic heterocycles. The van der Waals surface area contributed by atoms with Crippen molar-refractivity contribution in [3.8, 4) is 0 Å². The van der Waals surface area contributed by atoms with E-state index in [2.05, 4.69) is 34.6 Å². The van der Waals surface area contributed by atoms with Crippen LogP contribution < -0.4 is 0 Å². The fraction of sp³-hybridized carbons (Fsp3) is 0.912. The van der Waals surface area contributed by atoms with Crippen molar-refractivity contribution in [3.63, 3.8) is 0 Å². The Hall–Kier alpha value is -3.34. The largest absolute Gasteiger partial charge is 0.458 e. The third-order valence-corrected chi connectivity index (χ3v) is 22.5. The monoisotopic (exact) mass is 1180 g/mol. The van der Waals surface area contributed by atoms with Gasteiger partial charge in [-0.25, -0.2) is 4.79 Å². The van der Waals surface area contributed by atoms with Crippen molar-refractivity contribution in [3.05, 3.63) is 0 Å². The zero-order valence-electron chi connectivity index (χ0n) is 55.0. The number of rotatable bonds is 17. The summed E-state index contributed by atoms with van der Waals surface area (Å²) < 4.78 is 57.5. The first kappa shape index (κ1) is 68.2. The number of hydrogen-bond acceptors (Lipinski definition) is 16. The number of ether oxygens (including phenoxy) is 10. The second kappa shape index (κ2) is 27.2. The average molecular weight is 1190 g/mol. The van der Waals surface area contributed by atoms with E-state index in [-0.39, 0.29) is 76.6 Å². The lowest BCUT2D eigenvalue weighted by Gasteiger charge is -2.62. The maximum atomic E-state index is 12.8. The van der Waals surface area contributed by atoms with Gasteiger partial charge < -0.3 is 47.4 Å². The van der Waals surface area contributed by atoms with Gasteiger partial charge in [-0.15, -0.1) is 0 Å². The molecule has 4 saturated heterocycles. The molecule has 84 heavy (non-hydrogen) atoms. The first-order valence-electron chi connectivity index (χ1n) is 33.1. The van der Waals surface area contributed by atoms with Gasteiger partial charge in [0.05, 0.1) is 27.6 Å². The minimum absolute atomic E-state index is 0.0226. The Morgan fingerprint density at radius 1 is 0.548 bits per heavy atom. The first-order chi connectivity index (χ1) is 39.3. The second-order valence-corrected chi connectivity index (χ2v) is 30.4. The number of fused-ring (bicyclic) bond motifs is 2. The number of carbonyl (C=O) groups excluding carboxylic acids is 6. The molecule has 9 atom stereocenters. The van der Waals surface area contributed by atoms with Crippen LogP contribution in [0.25, 0.3) is 0 Å². The number of methoxy groups -OCH3 is 1. The van der Waals surface area contributed by atoms with Crippen molar-refractivity contribution in [2.45, 2.75) is 306 Å². The Bertz CT molecular complexity index is 2240. The van der Waals surface area contributed by atoms with Crippen LogP contribution in [0, 0.1) is 74.9 Å². The summed E-state index contributed by atoms with van der Waals surface area (Å²) in [5.41, 5.74) is -2.20. The SMILES string of the molecule is CCC(C)(C)C(=O)OC1(C(C)C)C2CC3CC(C2)CC1C3.CCC(C)(C)C(=O)OC1(C(C)C)CCCC1.CCC(C)(C)C(=O)OC1OC(OC)C2OC3(CCCCC3)OC12.CCC(C)(C)C(=O)OCC(=O)OC1C2CC3CC(C2)C(=O)OC1C3. The normalized spacial score (nSPS) is 34.0. The average Bonchev–Trinajstić information content (AvgIpc) is 1.67. The van der Waals surface area contributed by atoms with Gasteiger partial charge in [-0.2, -0.15) is 0 Å². The van der Waals surface area contributed by atoms with Crippen LogP contribution in [0.1, 0.15) is 252 Å². The maximum Gasteiger partial charge on any atom is 0.344 e. The Kier molecular flexibility index (Phi) is 22.1. The summed E-state index contributed by atoms with van der Waals surface area (Å²) in [6.07, 6.45) is 19.7. The van der Waals surface area contributed by atoms with Crippen molar-refractivity contribution >= 4 is 35.8 Å². The topological polar surface area (TPSA) is 195 Å². The van der Waals surface area contributed by atoms with Crippen molar-refractivity contribution in [1.29, 1.82) is 0 Å². The van der Waals surface area contributed by atoms with Crippen molar-refractivity contribution in [2.75, 3.05) is 13.7 Å². The third-order valence-electron chi connectivity index (χ3n) is 22.5. The van der Waals surface area contributed by atoms with Gasteiger partial charge in [-0.3, -0.25) is 24.0 Å². The number of hydrogen-bond donors (Lipinski definition) is 0. The van der Waals surface area contributed by atoms with Crippen molar-refractivity contribution in [1.82, 2.24) is 0 Å². The lowest BCUT2D eigenvalue weighted by molar-refractivity contribution is -0.282. The predicted molar refractivity (Wildman–Crippen MR) is 316 cm³/mol. The Labute approximate surface area is 504 Å². The highest BCUT2D eigenvalue weighted by Crippen LogP contribution is 2.62. The zero-order chi connectivity index (χ0) is 62.0. The highest BCUT2D eigenvalue weighted by atomic mass is 16.8. The van der Waals surface area contributed by atoms with Crippen molar-refractivity contribution < 1.29 is 76.1 Å². The summed E-state index contributed by atoms with van der Waals surface area (Å²) in [6, 6.07) is 0. The molecule has 12 rings (SSSR count). The van der Waals surface area contributed by atoms with E-state index in [1.54, 1.807) is 21.0 Å². The molecular weight excluding hydrogens is 1070 g/mol. The smallest absolute Gasteiger partial charge is 0.344 e. The molecule has 480 valence electrons. The Morgan fingerprint density at radius 2 is 1.04 bits per heavy atom. The highest BCUT2D eigenvalue weighted by molar-refractivity contribution is 5.80. The summed E-state index contributed by atoms with van der Waals surface area (Å²) in [5, 5.41) is 0. The van der Waals surface area contributed by atoms with Gasteiger partial charge in [-0.05, 0) is 219 Å². The predicted octanol–water partition coefficient (Wildman–Crippen LogP) is 13.7. The van der Waals surface area contributed by atoms with Crippen LogP contribution in [0.3, 0.4) is 0 Å². The van der Waals surface area contributed by atoms with E-state index in [9.17, 15) is 28.8 Å². The molecule has 0 N–H and O–H groups in total. The van der Waals surface area contributed by atoms with E-state index in [1.165, 1.54) is 51.4 Å². The molecule has 16 nitrogen and oxygen atoms in total. The van der Waals surface area contributed by atoms with Crippen LogP contribution in [0.5, 0.6) is 0 Å². The van der Waals surface area contributed by atoms with Crippen LogP contribution >= 0.6 is 0 Å². The van der Waals surface area contributed by atoms with E-state index in [0.29, 0.717) is 42.4 Å². The minimum Gasteiger partial charge on any atom is -0.458 e. The molecule has 0 amide bonds. The Balaban J connectivity index is 0.000000162. The van der Waals surface area contributed by atoms with E-state index in [4.69, 9.17) is 47.4 Å². The first-order valence-corrected chi connectivity index (χ1v) is 33.1. The van der Waals surface area contributed by atoms with Crippen LogP contribution in [0.15, 0.2) is 0 Å². The van der Waals surface area contributed by atoms with E-state index >= 15 is 0 Å². The van der Waals surface area contributed by atoms with E-state index in [0.717, 1.165) is 88.9 Å². The molecule has 1 spiro atoms. The third kappa shape index (κ3) is 14.9. The van der Waals surface area contributed by atoms with Gasteiger partial charge in [0.1, 0.15) is 29.5 Å². The van der Waals surface area contributed by atoms with Crippen molar-refractivity contribution in [2.24, 2.45) is 74.9 Å². The van der Waals surface area contributed by atoms with Gasteiger partial charge in [0.25, 0.3) is 0 Å². The quantitative estimate of drug-likeness (QED) is 0.0984. The molecule has 0 aromatic heterocycles. The molecule has 0 aromatic carbocycles. The second-order valence-electron chi connectivity index (χ2n) is 30.4. The standard InChI is InChI=1S/C19H32O2.C18H26O6.C17H28O6.C14H26O2/c1-6-18(4,5)17(20)21-19(12(2)3)15-8-13-7-14(10-15)11-16(19)9-13;1-4-18(2,3)17(21)22-9-14(19)24-15-11-5-10-6-12(8-11)16(20)23-13(15)7-10;1-5-16(2,3)15(18)21-14-12-11(13(19-4)20-14)22-17(23-12)9-7-6-8-10-17;1-6-13(4,5)12(15)16-14(11(2)3)9-7-8-10-14/h12-16H,6-11H2,1-5H3;10-13,15H,4-9H2,1-3H3;11-14H,5-10H2,1-4H3;11H,6-10H2,1-5H3. The molecule has 8 saturated carbocycles. The lowest BCUT2D eigenvalue weighted by Crippen LogP contribution is -2.63. The molecular formula is C68H112O16. The van der Waals surface area contributed by atoms with Gasteiger partial charge in [-0.1, -0.05) is 61.8 Å². The maximum absolute atomic E-state index is 12.8. The summed E-state index contributed by atoms with van der Waals surface area (Å²) in [4.78, 5) is 73.3. The highest BCUT2D eigenvalue weighted by Gasteiger charge is 2.63. The fourth-order valence-electron chi connectivity index (χ4n) is 15.3. The molecule has 4 heterocycles. The molecule has 8 bridgehead atoms. The van der Waals surface area contributed by atoms with E-state index in [1.807, 2.05) is 62.3 Å². The number of esters is 6. The molecule has 12 aliphatic rings. The van der Waals surface area contributed by atoms with Crippen LogP contribution in [0.4, 0.5) is 0 Å². The molecule has 16 heteroatoms. The lowest BCUT2D eigenvalue weighted by atomic mass is 9.47. The molecule has 0 aromatic rings. The molecule has 0 radical (unpaired) electrons. The van der Waals surface area contributed by atoms with Crippen LogP contribution in [-0.4, -0.2) is 104 Å². The van der Waals surface area contributed by atoms with E-state index < -0.39 is 53.3 Å². The Morgan fingerprint density at radius 3 is 1.55 bits per heavy atom. The summed E-state index contributed by atoms with van der Waals surface area (Å²) in [7, 11) is 1.57. The molecule has 12 fully saturated rings. The summed E-state index contributed by atoms with van der Waals surface area (Å²) in [5.74, 6) is 2.58. The van der Waals surface area contributed by atoms with Gasteiger partial charge >= 0.3 is 35.8 Å².